The molecule has 1 aliphatic rings. The summed E-state index contributed by atoms with van der Waals surface area (Å²) in [5, 5.41) is 2.50. The minimum absolute atomic E-state index is 0.645. The van der Waals surface area contributed by atoms with Gasteiger partial charge in [0.05, 0.1) is 0 Å². The Balaban J connectivity index is 1.81. The van der Waals surface area contributed by atoms with Crippen molar-refractivity contribution in [2.24, 2.45) is 5.92 Å². The molecule has 112 valence electrons. The number of hydrogen-bond donors (Lipinski definition) is 1. The van der Waals surface area contributed by atoms with Gasteiger partial charge < -0.3 is 10.6 Å². The van der Waals surface area contributed by atoms with Crippen LogP contribution in [0.15, 0.2) is 36.4 Å². The summed E-state index contributed by atoms with van der Waals surface area (Å²) < 4.78 is 0. The number of anilines is 1. The first-order chi connectivity index (χ1) is 10.0. The van der Waals surface area contributed by atoms with Gasteiger partial charge in [0, 0.05) is 31.4 Å². The zero-order valence-electron chi connectivity index (χ0n) is 13.2. The van der Waals surface area contributed by atoms with Crippen LogP contribution in [-0.2, 0) is 6.54 Å². The molecule has 3 heteroatoms. The maximum absolute atomic E-state index is 6.26. The summed E-state index contributed by atoms with van der Waals surface area (Å²) >= 11 is 0. The fraction of sp³-hybridized carbons (Fsp3) is 0.444. The van der Waals surface area contributed by atoms with Gasteiger partial charge in [-0.1, -0.05) is 31.2 Å². The molecule has 2 aromatic carbocycles. The Morgan fingerprint density at radius 1 is 1.14 bits per heavy atom. The monoisotopic (exact) mass is 283 g/mol. The maximum atomic E-state index is 6.26. The van der Waals surface area contributed by atoms with Crippen molar-refractivity contribution in [2.75, 3.05) is 32.9 Å². The quantitative estimate of drug-likeness (QED) is 0.879. The van der Waals surface area contributed by atoms with Gasteiger partial charge in [-0.3, -0.25) is 4.90 Å². The molecule has 0 aromatic heterocycles. The molecule has 0 saturated carbocycles. The van der Waals surface area contributed by atoms with Gasteiger partial charge in [-0.2, -0.15) is 0 Å². The second-order valence-electron chi connectivity index (χ2n) is 6.60. The summed E-state index contributed by atoms with van der Waals surface area (Å²) in [6, 6.07) is 13.4. The smallest absolute Gasteiger partial charge is 0.0366 e. The zero-order valence-corrected chi connectivity index (χ0v) is 13.2. The fourth-order valence-corrected chi connectivity index (χ4v) is 3.53. The fourth-order valence-electron chi connectivity index (χ4n) is 3.53. The van der Waals surface area contributed by atoms with E-state index in [0.29, 0.717) is 12.0 Å². The van der Waals surface area contributed by atoms with Crippen LogP contribution in [0, 0.1) is 5.92 Å². The number of likely N-dealkylation sites (tertiary alicyclic amines) is 1. The number of nitrogens with zero attached hydrogens (tertiary/aromatic N) is 2. The van der Waals surface area contributed by atoms with Crippen LogP contribution < -0.4 is 5.73 Å². The van der Waals surface area contributed by atoms with E-state index >= 15 is 0 Å². The number of rotatable bonds is 3. The van der Waals surface area contributed by atoms with Gasteiger partial charge in [-0.15, -0.1) is 0 Å². The molecule has 1 saturated heterocycles. The van der Waals surface area contributed by atoms with Crippen LogP contribution in [0.3, 0.4) is 0 Å². The minimum Gasteiger partial charge on any atom is -0.398 e. The molecule has 1 aliphatic heterocycles. The Bertz CT molecular complexity index is 635. The van der Waals surface area contributed by atoms with Crippen LogP contribution in [0.2, 0.25) is 0 Å². The Morgan fingerprint density at radius 2 is 1.81 bits per heavy atom. The van der Waals surface area contributed by atoms with Gasteiger partial charge >= 0.3 is 0 Å². The molecule has 0 spiro atoms. The third-order valence-electron chi connectivity index (χ3n) is 4.71. The first-order valence-electron chi connectivity index (χ1n) is 7.70. The maximum Gasteiger partial charge on any atom is 0.0366 e. The lowest BCUT2D eigenvalue weighted by atomic mass is 10.0. The summed E-state index contributed by atoms with van der Waals surface area (Å²) in [5.74, 6) is 0.710. The van der Waals surface area contributed by atoms with E-state index in [4.69, 9.17) is 5.73 Å². The number of nitrogen functional groups attached to an aromatic ring is 1. The predicted molar refractivity (Wildman–Crippen MR) is 90.3 cm³/mol. The summed E-state index contributed by atoms with van der Waals surface area (Å²) in [7, 11) is 4.35. The number of hydrogen-bond acceptors (Lipinski definition) is 3. The SMILES string of the molecule is CC1CN(Cc2cc3ccccc3cc2N)CC1N(C)C. The van der Waals surface area contributed by atoms with Gasteiger partial charge in [0.25, 0.3) is 0 Å². The highest BCUT2D eigenvalue weighted by molar-refractivity contribution is 5.86. The highest BCUT2D eigenvalue weighted by Crippen LogP contribution is 2.26. The Morgan fingerprint density at radius 3 is 2.43 bits per heavy atom. The normalized spacial score (nSPS) is 23.2. The van der Waals surface area contributed by atoms with E-state index in [1.807, 2.05) is 0 Å². The van der Waals surface area contributed by atoms with Gasteiger partial charge in [0.2, 0.25) is 0 Å². The number of benzene rings is 2. The van der Waals surface area contributed by atoms with Crippen molar-refractivity contribution in [1.29, 1.82) is 0 Å². The molecule has 2 aromatic rings. The van der Waals surface area contributed by atoms with E-state index < -0.39 is 0 Å². The number of nitrogens with two attached hydrogens (primary N) is 1. The first kappa shape index (κ1) is 14.4. The third kappa shape index (κ3) is 2.89. The van der Waals surface area contributed by atoms with E-state index in [1.54, 1.807) is 0 Å². The molecule has 1 heterocycles. The molecule has 0 amide bonds. The molecule has 2 unspecified atom stereocenters. The second kappa shape index (κ2) is 5.66. The van der Waals surface area contributed by atoms with Crippen LogP contribution in [0.4, 0.5) is 5.69 Å². The molecular formula is C18H25N3. The van der Waals surface area contributed by atoms with Gasteiger partial charge in [-0.05, 0) is 48.5 Å². The standard InChI is InChI=1S/C18H25N3/c1-13-10-21(12-18(13)20(2)3)11-16-8-14-6-4-5-7-15(14)9-17(16)19/h4-9,13,18H,10-12,19H2,1-3H3. The first-order valence-corrected chi connectivity index (χ1v) is 7.70. The topological polar surface area (TPSA) is 32.5 Å². The molecule has 0 aliphatic carbocycles. The van der Waals surface area contributed by atoms with Crippen molar-refractivity contribution in [2.45, 2.75) is 19.5 Å². The molecule has 1 fully saturated rings. The molecule has 0 radical (unpaired) electrons. The van der Waals surface area contributed by atoms with Gasteiger partial charge in [-0.25, -0.2) is 0 Å². The molecule has 3 nitrogen and oxygen atoms in total. The average molecular weight is 283 g/mol. The third-order valence-corrected chi connectivity index (χ3v) is 4.71. The molecular weight excluding hydrogens is 258 g/mol. The number of fused-ring (bicyclic) bond motifs is 1. The molecule has 3 rings (SSSR count). The Hall–Kier alpha value is -1.58. The van der Waals surface area contributed by atoms with Crippen LogP contribution >= 0.6 is 0 Å². The van der Waals surface area contributed by atoms with Crippen LogP contribution in [-0.4, -0.2) is 43.0 Å². The Labute approximate surface area is 127 Å². The molecule has 21 heavy (non-hydrogen) atoms. The summed E-state index contributed by atoms with van der Waals surface area (Å²) in [4.78, 5) is 4.87. The van der Waals surface area contributed by atoms with Crippen molar-refractivity contribution in [3.8, 4) is 0 Å². The summed E-state index contributed by atoms with van der Waals surface area (Å²) in [6.45, 7) is 5.56. The van der Waals surface area contributed by atoms with Crippen molar-refractivity contribution < 1.29 is 0 Å². The van der Waals surface area contributed by atoms with E-state index in [0.717, 1.165) is 25.3 Å². The lowest BCUT2D eigenvalue weighted by molar-refractivity contribution is 0.250. The highest BCUT2D eigenvalue weighted by Gasteiger charge is 2.30. The minimum atomic E-state index is 0.645. The van der Waals surface area contributed by atoms with Gasteiger partial charge in [0.15, 0.2) is 0 Å². The largest absolute Gasteiger partial charge is 0.398 e. The lowest BCUT2D eigenvalue weighted by Gasteiger charge is -2.22. The lowest BCUT2D eigenvalue weighted by Crippen LogP contribution is -2.34. The van der Waals surface area contributed by atoms with Crippen LogP contribution in [0.25, 0.3) is 10.8 Å². The van der Waals surface area contributed by atoms with Crippen LogP contribution in [0.5, 0.6) is 0 Å². The summed E-state index contributed by atoms with van der Waals surface area (Å²) in [6.07, 6.45) is 0. The van der Waals surface area contributed by atoms with Crippen molar-refractivity contribution in [3.63, 3.8) is 0 Å². The van der Waals surface area contributed by atoms with Gasteiger partial charge in [0.1, 0.15) is 0 Å². The van der Waals surface area contributed by atoms with Crippen molar-refractivity contribution >= 4 is 16.5 Å². The van der Waals surface area contributed by atoms with Crippen molar-refractivity contribution in [3.05, 3.63) is 42.0 Å². The van der Waals surface area contributed by atoms with Crippen molar-refractivity contribution in [1.82, 2.24) is 9.80 Å². The summed E-state index contributed by atoms with van der Waals surface area (Å²) in [5.41, 5.74) is 8.42. The Kier molecular flexibility index (Phi) is 3.87. The number of likely N-dealkylation sites (N-methyl/N-ethyl adjacent to an activating group) is 1. The average Bonchev–Trinajstić information content (AvgIpc) is 2.81. The predicted octanol–water partition coefficient (Wildman–Crippen LogP) is 2.80. The van der Waals surface area contributed by atoms with Crippen LogP contribution in [0.1, 0.15) is 12.5 Å². The van der Waals surface area contributed by atoms with E-state index in [9.17, 15) is 0 Å². The zero-order chi connectivity index (χ0) is 15.0. The van der Waals surface area contributed by atoms with E-state index in [-0.39, 0.29) is 0 Å². The molecule has 2 atom stereocenters. The highest BCUT2D eigenvalue weighted by atomic mass is 15.2. The molecule has 2 N–H and O–H groups in total. The second-order valence-corrected chi connectivity index (χ2v) is 6.60. The molecule has 0 bridgehead atoms. The van der Waals surface area contributed by atoms with E-state index in [2.05, 4.69) is 67.2 Å². The van der Waals surface area contributed by atoms with E-state index in [1.165, 1.54) is 16.3 Å².